The standard InChI is InChI=1S/C14H17N/c1-12(2)11-14-8-6-13(7-9-14)5-3-4-10-15/h3,5-9,12H,4,11H2,1-2H3. The molecule has 0 radical (unpaired) electrons. The van der Waals surface area contributed by atoms with Crippen molar-refractivity contribution in [3.63, 3.8) is 0 Å². The second kappa shape index (κ2) is 6.03. The monoisotopic (exact) mass is 199 g/mol. The Labute approximate surface area is 92.1 Å². The minimum atomic E-state index is 0.480. The van der Waals surface area contributed by atoms with Crippen LogP contribution in [0.4, 0.5) is 0 Å². The van der Waals surface area contributed by atoms with Crippen LogP contribution < -0.4 is 0 Å². The van der Waals surface area contributed by atoms with E-state index >= 15 is 0 Å². The molecule has 0 bridgehead atoms. The molecule has 1 aromatic carbocycles. The molecule has 0 fully saturated rings. The molecule has 0 amide bonds. The van der Waals surface area contributed by atoms with E-state index in [1.165, 1.54) is 5.56 Å². The summed E-state index contributed by atoms with van der Waals surface area (Å²) in [5.74, 6) is 0.699. The Bertz CT molecular complexity index is 352. The smallest absolute Gasteiger partial charge is 0.0663 e. The number of nitriles is 1. The topological polar surface area (TPSA) is 23.8 Å². The third-order valence-corrected chi connectivity index (χ3v) is 2.14. The van der Waals surface area contributed by atoms with Gasteiger partial charge >= 0.3 is 0 Å². The molecule has 0 N–H and O–H groups in total. The van der Waals surface area contributed by atoms with Crippen molar-refractivity contribution in [3.8, 4) is 6.07 Å². The maximum atomic E-state index is 8.39. The first kappa shape index (κ1) is 11.5. The fourth-order valence-corrected chi connectivity index (χ4v) is 1.48. The average molecular weight is 199 g/mol. The molecule has 0 aliphatic rings. The van der Waals surface area contributed by atoms with Crippen molar-refractivity contribution in [2.24, 2.45) is 5.92 Å². The summed E-state index contributed by atoms with van der Waals surface area (Å²) in [7, 11) is 0. The van der Waals surface area contributed by atoms with Gasteiger partial charge in [0.05, 0.1) is 12.5 Å². The lowest BCUT2D eigenvalue weighted by molar-refractivity contribution is 0.647. The first-order chi connectivity index (χ1) is 7.22. The Morgan fingerprint density at radius 3 is 2.47 bits per heavy atom. The van der Waals surface area contributed by atoms with Crippen molar-refractivity contribution >= 4 is 6.08 Å². The van der Waals surface area contributed by atoms with E-state index < -0.39 is 0 Å². The molecule has 0 aliphatic carbocycles. The van der Waals surface area contributed by atoms with E-state index in [-0.39, 0.29) is 0 Å². The molecule has 0 unspecified atom stereocenters. The molecule has 0 aromatic heterocycles. The van der Waals surface area contributed by atoms with Crippen LogP contribution >= 0.6 is 0 Å². The summed E-state index contributed by atoms with van der Waals surface area (Å²) in [4.78, 5) is 0. The maximum Gasteiger partial charge on any atom is 0.0663 e. The highest BCUT2D eigenvalue weighted by Crippen LogP contribution is 2.10. The predicted octanol–water partition coefficient (Wildman–Crippen LogP) is 3.81. The van der Waals surface area contributed by atoms with E-state index in [9.17, 15) is 0 Å². The van der Waals surface area contributed by atoms with Crippen molar-refractivity contribution in [2.45, 2.75) is 26.7 Å². The third kappa shape index (κ3) is 4.46. The highest BCUT2D eigenvalue weighted by molar-refractivity contribution is 5.49. The predicted molar refractivity (Wildman–Crippen MR) is 64.2 cm³/mol. The highest BCUT2D eigenvalue weighted by atomic mass is 14.2. The van der Waals surface area contributed by atoms with Crippen LogP contribution in [0.5, 0.6) is 0 Å². The largest absolute Gasteiger partial charge is 0.198 e. The fourth-order valence-electron chi connectivity index (χ4n) is 1.48. The Kier molecular flexibility index (Phi) is 4.63. The summed E-state index contributed by atoms with van der Waals surface area (Å²) in [5.41, 5.74) is 2.54. The lowest BCUT2D eigenvalue weighted by atomic mass is 10.0. The molecular formula is C14H17N. The number of hydrogen-bond acceptors (Lipinski definition) is 1. The van der Waals surface area contributed by atoms with E-state index in [1.807, 2.05) is 12.2 Å². The Hall–Kier alpha value is -1.55. The Morgan fingerprint density at radius 1 is 1.27 bits per heavy atom. The van der Waals surface area contributed by atoms with Crippen molar-refractivity contribution in [2.75, 3.05) is 0 Å². The first-order valence-corrected chi connectivity index (χ1v) is 5.35. The van der Waals surface area contributed by atoms with Gasteiger partial charge in [-0.1, -0.05) is 50.3 Å². The van der Waals surface area contributed by atoms with Crippen LogP contribution in [0.25, 0.3) is 6.08 Å². The van der Waals surface area contributed by atoms with Gasteiger partial charge in [-0.05, 0) is 23.5 Å². The first-order valence-electron chi connectivity index (χ1n) is 5.35. The average Bonchev–Trinajstić information content (AvgIpc) is 2.20. The van der Waals surface area contributed by atoms with Crippen LogP contribution in [0, 0.1) is 17.2 Å². The quantitative estimate of drug-likeness (QED) is 0.723. The summed E-state index contributed by atoms with van der Waals surface area (Å²) in [5, 5.41) is 8.39. The van der Waals surface area contributed by atoms with Gasteiger partial charge in [-0.15, -0.1) is 0 Å². The normalized spacial score (nSPS) is 10.8. The van der Waals surface area contributed by atoms with Crippen LogP contribution in [0.1, 0.15) is 31.4 Å². The molecule has 0 spiro atoms. The van der Waals surface area contributed by atoms with Gasteiger partial charge < -0.3 is 0 Å². The van der Waals surface area contributed by atoms with Crippen LogP contribution in [-0.2, 0) is 6.42 Å². The van der Waals surface area contributed by atoms with Gasteiger partial charge in [-0.25, -0.2) is 0 Å². The summed E-state index contributed by atoms with van der Waals surface area (Å²) in [6.07, 6.45) is 5.48. The second-order valence-corrected chi connectivity index (χ2v) is 4.10. The SMILES string of the molecule is CC(C)Cc1ccc(C=CCC#N)cc1. The molecule has 0 aliphatic heterocycles. The van der Waals surface area contributed by atoms with Crippen LogP contribution in [0.15, 0.2) is 30.3 Å². The minimum absolute atomic E-state index is 0.480. The zero-order valence-corrected chi connectivity index (χ0v) is 9.40. The molecule has 1 nitrogen and oxygen atoms in total. The van der Waals surface area contributed by atoms with E-state index in [0.717, 1.165) is 12.0 Å². The molecule has 1 rings (SSSR count). The van der Waals surface area contributed by atoms with Crippen LogP contribution in [0.3, 0.4) is 0 Å². The summed E-state index contributed by atoms with van der Waals surface area (Å²) < 4.78 is 0. The summed E-state index contributed by atoms with van der Waals surface area (Å²) >= 11 is 0. The summed E-state index contributed by atoms with van der Waals surface area (Å²) in [6.45, 7) is 4.45. The molecule has 0 saturated carbocycles. The Morgan fingerprint density at radius 2 is 1.93 bits per heavy atom. The lowest BCUT2D eigenvalue weighted by Gasteiger charge is -2.04. The molecule has 15 heavy (non-hydrogen) atoms. The van der Waals surface area contributed by atoms with E-state index in [1.54, 1.807) is 0 Å². The zero-order valence-electron chi connectivity index (χ0n) is 9.40. The van der Waals surface area contributed by atoms with Gasteiger partial charge in [0.1, 0.15) is 0 Å². The number of benzene rings is 1. The second-order valence-electron chi connectivity index (χ2n) is 4.10. The van der Waals surface area contributed by atoms with Crippen molar-refractivity contribution in [3.05, 3.63) is 41.5 Å². The van der Waals surface area contributed by atoms with Gasteiger partial charge in [-0.2, -0.15) is 5.26 Å². The molecule has 0 heterocycles. The minimum Gasteiger partial charge on any atom is -0.198 e. The van der Waals surface area contributed by atoms with Crippen molar-refractivity contribution < 1.29 is 0 Å². The third-order valence-electron chi connectivity index (χ3n) is 2.14. The van der Waals surface area contributed by atoms with Gasteiger partial charge in [-0.3, -0.25) is 0 Å². The molecule has 0 saturated heterocycles. The lowest BCUT2D eigenvalue weighted by Crippen LogP contribution is -1.93. The van der Waals surface area contributed by atoms with Gasteiger partial charge in [0.2, 0.25) is 0 Å². The Balaban J connectivity index is 2.61. The molecule has 1 aromatic rings. The molecule has 0 atom stereocenters. The highest BCUT2D eigenvalue weighted by Gasteiger charge is 1.96. The van der Waals surface area contributed by atoms with Crippen molar-refractivity contribution in [1.82, 2.24) is 0 Å². The van der Waals surface area contributed by atoms with Gasteiger partial charge in [0.25, 0.3) is 0 Å². The molecular weight excluding hydrogens is 182 g/mol. The summed E-state index contributed by atoms with van der Waals surface area (Å²) in [6, 6.07) is 10.6. The molecule has 78 valence electrons. The molecule has 1 heteroatoms. The van der Waals surface area contributed by atoms with Crippen LogP contribution in [-0.4, -0.2) is 0 Å². The van der Waals surface area contributed by atoms with Gasteiger partial charge in [0.15, 0.2) is 0 Å². The number of hydrogen-bond donors (Lipinski definition) is 0. The van der Waals surface area contributed by atoms with Crippen molar-refractivity contribution in [1.29, 1.82) is 5.26 Å². The maximum absolute atomic E-state index is 8.39. The zero-order chi connectivity index (χ0) is 11.1. The van der Waals surface area contributed by atoms with E-state index in [2.05, 4.69) is 44.2 Å². The number of rotatable bonds is 4. The number of nitrogens with zero attached hydrogens (tertiary/aromatic N) is 1. The van der Waals surface area contributed by atoms with E-state index in [4.69, 9.17) is 5.26 Å². The van der Waals surface area contributed by atoms with Crippen LogP contribution in [0.2, 0.25) is 0 Å². The van der Waals surface area contributed by atoms with Gasteiger partial charge in [0, 0.05) is 0 Å². The number of allylic oxidation sites excluding steroid dienone is 1. The fraction of sp³-hybridized carbons (Fsp3) is 0.357. The van der Waals surface area contributed by atoms with E-state index in [0.29, 0.717) is 12.3 Å².